The maximum atomic E-state index is 13.0. The fourth-order valence-corrected chi connectivity index (χ4v) is 4.36. The number of pyridine rings is 1. The fraction of sp³-hybridized carbons (Fsp3) is 0.320. The topological polar surface area (TPSA) is 115 Å². The highest BCUT2D eigenvalue weighted by molar-refractivity contribution is 5.94. The summed E-state index contributed by atoms with van der Waals surface area (Å²) < 4.78 is 46.4. The number of ether oxygens (including phenoxy) is 1. The number of carbonyl (C=O) groups is 1. The molecule has 3 aromatic heterocycles. The Hall–Kier alpha value is -4.26. The van der Waals surface area contributed by atoms with Gasteiger partial charge in [-0.05, 0) is 43.2 Å². The number of hydrogen-bond acceptors (Lipinski definition) is 7. The molecular weight excluding hydrogens is 505 g/mol. The summed E-state index contributed by atoms with van der Waals surface area (Å²) in [6, 6.07) is 8.16. The predicted molar refractivity (Wildman–Crippen MR) is 129 cm³/mol. The Morgan fingerprint density at radius 1 is 1.08 bits per heavy atom. The zero-order valence-electron chi connectivity index (χ0n) is 20.2. The summed E-state index contributed by atoms with van der Waals surface area (Å²) in [6.07, 6.45) is -0.404. The number of fused-ring (bicyclic) bond motifs is 1. The number of nitrogens with zero attached hydrogens (tertiary/aromatic N) is 6. The number of piperidine rings is 1. The molecule has 1 saturated heterocycles. The van der Waals surface area contributed by atoms with Crippen molar-refractivity contribution in [3.63, 3.8) is 0 Å². The molecule has 0 spiro atoms. The summed E-state index contributed by atoms with van der Waals surface area (Å²) in [5.41, 5.74) is -1.48. The van der Waals surface area contributed by atoms with Crippen LogP contribution in [0.25, 0.3) is 11.0 Å². The van der Waals surface area contributed by atoms with Crippen LogP contribution in [0, 0.1) is 0 Å². The van der Waals surface area contributed by atoms with Gasteiger partial charge >= 0.3 is 6.18 Å². The van der Waals surface area contributed by atoms with Crippen molar-refractivity contribution in [2.45, 2.75) is 31.2 Å². The molecule has 0 unspecified atom stereocenters. The molecule has 1 fully saturated rings. The minimum atomic E-state index is -4.49. The molecule has 1 aliphatic heterocycles. The molecule has 4 heterocycles. The van der Waals surface area contributed by atoms with Crippen LogP contribution in [0.2, 0.25) is 0 Å². The monoisotopic (exact) mass is 528 g/mol. The van der Waals surface area contributed by atoms with Crippen LogP contribution >= 0.6 is 0 Å². The predicted octanol–water partition coefficient (Wildman–Crippen LogP) is 3.00. The fourth-order valence-electron chi connectivity index (χ4n) is 4.36. The van der Waals surface area contributed by atoms with Gasteiger partial charge in [0.1, 0.15) is 17.5 Å². The summed E-state index contributed by atoms with van der Waals surface area (Å²) in [5.74, 6) is 0.0673. The second-order valence-corrected chi connectivity index (χ2v) is 9.21. The molecule has 5 rings (SSSR count). The van der Waals surface area contributed by atoms with Crippen LogP contribution in [0.3, 0.4) is 0 Å². The minimum absolute atomic E-state index is 0.00984. The van der Waals surface area contributed by atoms with Crippen molar-refractivity contribution in [3.8, 4) is 11.6 Å². The lowest BCUT2D eigenvalue weighted by Gasteiger charge is -2.38. The van der Waals surface area contributed by atoms with Gasteiger partial charge in [0.15, 0.2) is 5.65 Å². The molecule has 0 radical (unpaired) electrons. The molecular formula is C25H23F3N6O4. The summed E-state index contributed by atoms with van der Waals surface area (Å²) >= 11 is 0. The maximum absolute atomic E-state index is 13.0. The summed E-state index contributed by atoms with van der Waals surface area (Å²) in [6.45, 7) is 0.635. The van der Waals surface area contributed by atoms with Gasteiger partial charge in [-0.15, -0.1) is 0 Å². The van der Waals surface area contributed by atoms with E-state index in [4.69, 9.17) is 4.74 Å². The number of amides is 1. The number of aryl methyl sites for hydroxylation is 1. The van der Waals surface area contributed by atoms with E-state index in [9.17, 15) is 27.9 Å². The van der Waals surface area contributed by atoms with Gasteiger partial charge in [0.2, 0.25) is 5.88 Å². The molecule has 0 saturated carbocycles. The Balaban J connectivity index is 1.19. The van der Waals surface area contributed by atoms with Crippen molar-refractivity contribution in [1.29, 1.82) is 0 Å². The van der Waals surface area contributed by atoms with E-state index in [1.54, 1.807) is 24.1 Å². The van der Waals surface area contributed by atoms with Crippen molar-refractivity contribution >= 4 is 16.9 Å². The van der Waals surface area contributed by atoms with Crippen molar-refractivity contribution in [2.24, 2.45) is 7.05 Å². The lowest BCUT2D eigenvalue weighted by Crippen LogP contribution is -2.49. The van der Waals surface area contributed by atoms with Crippen molar-refractivity contribution in [1.82, 2.24) is 29.2 Å². The van der Waals surface area contributed by atoms with Crippen LogP contribution in [0.15, 0.2) is 59.9 Å². The third kappa shape index (κ3) is 5.09. The zero-order chi connectivity index (χ0) is 27.1. The van der Waals surface area contributed by atoms with E-state index in [0.717, 1.165) is 12.1 Å². The quantitative estimate of drug-likeness (QED) is 0.424. The number of alkyl halides is 3. The van der Waals surface area contributed by atoms with Gasteiger partial charge in [0, 0.05) is 38.0 Å². The lowest BCUT2D eigenvalue weighted by molar-refractivity contribution is -0.137. The number of aliphatic hydroxyl groups is 1. The van der Waals surface area contributed by atoms with E-state index in [0.29, 0.717) is 41.6 Å². The molecule has 1 amide bonds. The van der Waals surface area contributed by atoms with E-state index >= 15 is 0 Å². The molecule has 0 bridgehead atoms. The first kappa shape index (κ1) is 25.4. The van der Waals surface area contributed by atoms with Crippen molar-refractivity contribution in [2.75, 3.05) is 13.1 Å². The van der Waals surface area contributed by atoms with Crippen LogP contribution < -0.4 is 10.3 Å². The van der Waals surface area contributed by atoms with Gasteiger partial charge in [0.25, 0.3) is 11.5 Å². The third-order valence-electron chi connectivity index (χ3n) is 6.55. The second kappa shape index (κ2) is 9.56. The van der Waals surface area contributed by atoms with Gasteiger partial charge in [-0.1, -0.05) is 0 Å². The number of halogens is 3. The standard InChI is InChI=1S/C25H23F3N6O4/c1-32-21-19(13-31-32)23(36)34(15-30-21)14-24(37)8-10-33(11-9-24)22(35)16-2-5-18(6-3-16)38-20-7-4-17(12-29-20)25(26,27)28/h2-7,12-13,15,37H,8-11,14H2,1H3. The first-order valence-electron chi connectivity index (χ1n) is 11.7. The number of carbonyl (C=O) groups excluding carboxylic acids is 1. The van der Waals surface area contributed by atoms with E-state index < -0.39 is 17.3 Å². The number of rotatable bonds is 5. The second-order valence-electron chi connectivity index (χ2n) is 9.21. The molecule has 4 aromatic rings. The highest BCUT2D eigenvalue weighted by Crippen LogP contribution is 2.30. The van der Waals surface area contributed by atoms with Crippen LogP contribution in [0.5, 0.6) is 11.6 Å². The van der Waals surface area contributed by atoms with Crippen molar-refractivity contribution in [3.05, 3.63) is 76.6 Å². The average molecular weight is 528 g/mol. The third-order valence-corrected chi connectivity index (χ3v) is 6.55. The van der Waals surface area contributed by atoms with Crippen LogP contribution in [0.1, 0.15) is 28.8 Å². The Morgan fingerprint density at radius 3 is 2.42 bits per heavy atom. The maximum Gasteiger partial charge on any atom is 0.417 e. The van der Waals surface area contributed by atoms with E-state index in [1.165, 1.54) is 33.9 Å². The van der Waals surface area contributed by atoms with Gasteiger partial charge in [0.05, 0.1) is 23.9 Å². The molecule has 13 heteroatoms. The SMILES string of the molecule is Cn1ncc2c(=O)n(CC3(O)CCN(C(=O)c4ccc(Oc5ccc(C(F)(F)F)cn5)cc4)CC3)cnc21. The number of hydrogen-bond donors (Lipinski definition) is 1. The highest BCUT2D eigenvalue weighted by Gasteiger charge is 2.35. The van der Waals surface area contributed by atoms with Gasteiger partial charge in [-0.2, -0.15) is 18.3 Å². The number of aromatic nitrogens is 5. The van der Waals surface area contributed by atoms with Crippen LogP contribution in [-0.2, 0) is 19.8 Å². The van der Waals surface area contributed by atoms with Gasteiger partial charge in [-0.25, -0.2) is 9.97 Å². The Bertz CT molecular complexity index is 1520. The summed E-state index contributed by atoms with van der Waals surface area (Å²) in [7, 11) is 1.69. The molecule has 198 valence electrons. The van der Waals surface area contributed by atoms with Crippen molar-refractivity contribution < 1.29 is 27.8 Å². The first-order chi connectivity index (χ1) is 18.0. The molecule has 0 atom stereocenters. The smallest absolute Gasteiger partial charge is 0.417 e. The first-order valence-corrected chi connectivity index (χ1v) is 11.7. The minimum Gasteiger partial charge on any atom is -0.439 e. The van der Waals surface area contributed by atoms with E-state index in [1.807, 2.05) is 0 Å². The Kier molecular flexibility index (Phi) is 6.39. The van der Waals surface area contributed by atoms with E-state index in [2.05, 4.69) is 15.1 Å². The zero-order valence-corrected chi connectivity index (χ0v) is 20.2. The summed E-state index contributed by atoms with van der Waals surface area (Å²) in [5, 5.41) is 15.5. The molecule has 1 aromatic carbocycles. The Labute approximate surface area is 213 Å². The normalized spacial score (nSPS) is 15.6. The molecule has 38 heavy (non-hydrogen) atoms. The Morgan fingerprint density at radius 2 is 1.79 bits per heavy atom. The number of benzene rings is 1. The van der Waals surface area contributed by atoms with Crippen LogP contribution in [0.4, 0.5) is 13.2 Å². The highest BCUT2D eigenvalue weighted by atomic mass is 19.4. The largest absolute Gasteiger partial charge is 0.439 e. The summed E-state index contributed by atoms with van der Waals surface area (Å²) in [4.78, 5) is 35.3. The molecule has 1 aliphatic rings. The van der Waals surface area contributed by atoms with Crippen LogP contribution in [-0.4, -0.2) is 58.9 Å². The lowest BCUT2D eigenvalue weighted by atomic mass is 9.91. The molecule has 1 N–H and O–H groups in total. The average Bonchev–Trinajstić information content (AvgIpc) is 3.27. The van der Waals surface area contributed by atoms with Gasteiger partial charge < -0.3 is 14.7 Å². The van der Waals surface area contributed by atoms with E-state index in [-0.39, 0.29) is 36.7 Å². The molecule has 10 nitrogen and oxygen atoms in total. The number of likely N-dealkylation sites (tertiary alicyclic amines) is 1. The molecule has 0 aliphatic carbocycles. The van der Waals surface area contributed by atoms with Gasteiger partial charge in [-0.3, -0.25) is 18.8 Å².